The van der Waals surface area contributed by atoms with Gasteiger partial charge in [-0.05, 0) is 17.5 Å². The second-order valence-corrected chi connectivity index (χ2v) is 4.32. The molecule has 1 atom stereocenters. The number of hydrogen-bond acceptors (Lipinski definition) is 4. The summed E-state index contributed by atoms with van der Waals surface area (Å²) in [5, 5.41) is 3.17. The number of para-hydroxylation sites is 1. The lowest BCUT2D eigenvalue weighted by Crippen LogP contribution is -2.41. The molecular weight excluding hydrogens is 216 g/mol. The summed E-state index contributed by atoms with van der Waals surface area (Å²) in [7, 11) is 1.40. The maximum atomic E-state index is 11.5. The Balaban J connectivity index is 2.64. The van der Waals surface area contributed by atoms with Crippen molar-refractivity contribution in [3.8, 4) is 0 Å². The number of methoxy groups -OCH3 is 1. The lowest BCUT2D eigenvalue weighted by atomic mass is 10.0. The van der Waals surface area contributed by atoms with Gasteiger partial charge in [-0.3, -0.25) is 10.1 Å². The van der Waals surface area contributed by atoms with Crippen LogP contribution in [0.4, 0.5) is 5.69 Å². The SMILES string of the molecule is COC(=O)[C@@H](NCc1ccccc1N)C(C)C. The molecule has 0 unspecified atom stereocenters. The van der Waals surface area contributed by atoms with E-state index in [0.29, 0.717) is 6.54 Å². The molecule has 3 N–H and O–H groups in total. The number of hydrogen-bond donors (Lipinski definition) is 2. The number of ether oxygens (including phenoxy) is 1. The minimum absolute atomic E-state index is 0.174. The fourth-order valence-corrected chi connectivity index (χ4v) is 1.63. The molecule has 1 aromatic rings. The summed E-state index contributed by atoms with van der Waals surface area (Å²) in [5.74, 6) is -0.0677. The minimum atomic E-state index is -0.306. The molecule has 0 aliphatic carbocycles. The number of nitrogens with one attached hydrogen (secondary N) is 1. The number of nitrogens with two attached hydrogens (primary N) is 1. The van der Waals surface area contributed by atoms with Crippen LogP contribution in [-0.2, 0) is 16.1 Å². The number of nitrogen functional groups attached to an aromatic ring is 1. The van der Waals surface area contributed by atoms with Crippen molar-refractivity contribution in [1.82, 2.24) is 5.32 Å². The van der Waals surface area contributed by atoms with Crippen molar-refractivity contribution in [2.24, 2.45) is 5.92 Å². The zero-order valence-corrected chi connectivity index (χ0v) is 10.6. The quantitative estimate of drug-likeness (QED) is 0.601. The predicted octanol–water partition coefficient (Wildman–Crippen LogP) is 1.56. The van der Waals surface area contributed by atoms with Gasteiger partial charge in [-0.2, -0.15) is 0 Å². The fraction of sp³-hybridized carbons (Fsp3) is 0.462. The average Bonchev–Trinajstić information content (AvgIpc) is 2.30. The summed E-state index contributed by atoms with van der Waals surface area (Å²) < 4.78 is 4.76. The predicted molar refractivity (Wildman–Crippen MR) is 68.3 cm³/mol. The van der Waals surface area contributed by atoms with Crippen LogP contribution >= 0.6 is 0 Å². The van der Waals surface area contributed by atoms with Crippen LogP contribution < -0.4 is 11.1 Å². The lowest BCUT2D eigenvalue weighted by molar-refractivity contribution is -0.144. The van der Waals surface area contributed by atoms with Crippen LogP contribution in [-0.4, -0.2) is 19.1 Å². The maximum absolute atomic E-state index is 11.5. The lowest BCUT2D eigenvalue weighted by Gasteiger charge is -2.20. The van der Waals surface area contributed by atoms with E-state index < -0.39 is 0 Å². The first kappa shape index (κ1) is 13.5. The molecule has 1 rings (SSSR count). The zero-order valence-electron chi connectivity index (χ0n) is 10.6. The topological polar surface area (TPSA) is 64.3 Å². The Bertz CT molecular complexity index is 377. The van der Waals surface area contributed by atoms with Crippen LogP contribution in [0.25, 0.3) is 0 Å². The number of carbonyl (C=O) groups is 1. The molecule has 0 fully saturated rings. The third-order valence-electron chi connectivity index (χ3n) is 2.69. The summed E-state index contributed by atoms with van der Waals surface area (Å²) in [4.78, 5) is 11.5. The van der Waals surface area contributed by atoms with Gasteiger partial charge in [-0.15, -0.1) is 0 Å². The van der Waals surface area contributed by atoms with Crippen molar-refractivity contribution >= 4 is 11.7 Å². The monoisotopic (exact) mass is 236 g/mol. The Morgan fingerprint density at radius 3 is 2.59 bits per heavy atom. The Morgan fingerprint density at radius 1 is 1.41 bits per heavy atom. The molecule has 0 aliphatic heterocycles. The van der Waals surface area contributed by atoms with Crippen molar-refractivity contribution in [2.75, 3.05) is 12.8 Å². The van der Waals surface area contributed by atoms with Gasteiger partial charge in [0, 0.05) is 12.2 Å². The molecule has 94 valence electrons. The van der Waals surface area contributed by atoms with Crippen LogP contribution in [0.5, 0.6) is 0 Å². The molecule has 0 aromatic heterocycles. The second kappa shape index (κ2) is 6.25. The van der Waals surface area contributed by atoms with Crippen LogP contribution in [0.15, 0.2) is 24.3 Å². The van der Waals surface area contributed by atoms with E-state index in [0.717, 1.165) is 11.3 Å². The molecule has 0 radical (unpaired) electrons. The van der Waals surface area contributed by atoms with Gasteiger partial charge in [0.15, 0.2) is 0 Å². The van der Waals surface area contributed by atoms with Gasteiger partial charge >= 0.3 is 5.97 Å². The third kappa shape index (κ3) is 3.75. The summed E-state index contributed by atoms with van der Waals surface area (Å²) in [6.45, 7) is 4.51. The van der Waals surface area contributed by atoms with Crippen LogP contribution in [0.2, 0.25) is 0 Å². The highest BCUT2D eigenvalue weighted by Crippen LogP contribution is 2.11. The Morgan fingerprint density at radius 2 is 2.06 bits per heavy atom. The summed E-state index contributed by atoms with van der Waals surface area (Å²) >= 11 is 0. The van der Waals surface area contributed by atoms with E-state index in [1.165, 1.54) is 7.11 Å². The van der Waals surface area contributed by atoms with Crippen molar-refractivity contribution < 1.29 is 9.53 Å². The van der Waals surface area contributed by atoms with Crippen molar-refractivity contribution in [3.05, 3.63) is 29.8 Å². The number of anilines is 1. The molecule has 4 heteroatoms. The van der Waals surface area contributed by atoms with Gasteiger partial charge in [0.25, 0.3) is 0 Å². The van der Waals surface area contributed by atoms with Gasteiger partial charge in [-0.25, -0.2) is 0 Å². The van der Waals surface area contributed by atoms with E-state index in [1.54, 1.807) is 0 Å². The van der Waals surface area contributed by atoms with E-state index >= 15 is 0 Å². The Kier molecular flexibility index (Phi) is 4.97. The average molecular weight is 236 g/mol. The molecular formula is C13H20N2O2. The molecule has 0 heterocycles. The fourth-order valence-electron chi connectivity index (χ4n) is 1.63. The van der Waals surface area contributed by atoms with E-state index in [2.05, 4.69) is 5.32 Å². The first-order chi connectivity index (χ1) is 8.06. The van der Waals surface area contributed by atoms with Gasteiger partial charge in [0.05, 0.1) is 7.11 Å². The number of carbonyl (C=O) groups excluding carboxylic acids is 1. The number of rotatable bonds is 5. The highest BCUT2D eigenvalue weighted by molar-refractivity contribution is 5.75. The van der Waals surface area contributed by atoms with Crippen molar-refractivity contribution in [1.29, 1.82) is 0 Å². The summed E-state index contributed by atoms with van der Waals surface area (Å²) in [6, 6.07) is 7.30. The van der Waals surface area contributed by atoms with Crippen molar-refractivity contribution in [3.63, 3.8) is 0 Å². The maximum Gasteiger partial charge on any atom is 0.323 e. The van der Waals surface area contributed by atoms with E-state index in [1.807, 2.05) is 38.1 Å². The highest BCUT2D eigenvalue weighted by atomic mass is 16.5. The highest BCUT2D eigenvalue weighted by Gasteiger charge is 2.22. The standard InChI is InChI=1S/C13H20N2O2/c1-9(2)12(13(16)17-3)15-8-10-6-4-5-7-11(10)14/h4-7,9,12,15H,8,14H2,1-3H3/t12-/m0/s1. The molecule has 4 nitrogen and oxygen atoms in total. The second-order valence-electron chi connectivity index (χ2n) is 4.32. The summed E-state index contributed by atoms with van der Waals surface area (Å²) in [5.41, 5.74) is 7.55. The molecule has 0 saturated heterocycles. The Labute approximate surface area is 102 Å². The van der Waals surface area contributed by atoms with E-state index in [9.17, 15) is 4.79 Å². The largest absolute Gasteiger partial charge is 0.468 e. The summed E-state index contributed by atoms with van der Waals surface area (Å²) in [6.07, 6.45) is 0. The first-order valence-corrected chi connectivity index (χ1v) is 5.71. The van der Waals surface area contributed by atoms with Crippen molar-refractivity contribution in [2.45, 2.75) is 26.4 Å². The van der Waals surface area contributed by atoms with Gasteiger partial charge in [-0.1, -0.05) is 32.0 Å². The molecule has 0 aliphatic rings. The third-order valence-corrected chi connectivity index (χ3v) is 2.69. The molecule has 0 spiro atoms. The van der Waals surface area contributed by atoms with Gasteiger partial charge < -0.3 is 10.5 Å². The first-order valence-electron chi connectivity index (χ1n) is 5.71. The Hall–Kier alpha value is -1.55. The molecule has 1 aromatic carbocycles. The van der Waals surface area contributed by atoms with E-state index in [-0.39, 0.29) is 17.9 Å². The minimum Gasteiger partial charge on any atom is -0.468 e. The van der Waals surface area contributed by atoms with Gasteiger partial charge in [0.1, 0.15) is 6.04 Å². The van der Waals surface area contributed by atoms with E-state index in [4.69, 9.17) is 10.5 Å². The molecule has 17 heavy (non-hydrogen) atoms. The molecule has 0 amide bonds. The van der Waals surface area contributed by atoms with Crippen LogP contribution in [0, 0.1) is 5.92 Å². The number of benzene rings is 1. The smallest absolute Gasteiger partial charge is 0.323 e. The molecule has 0 bridgehead atoms. The number of esters is 1. The van der Waals surface area contributed by atoms with Gasteiger partial charge in [0.2, 0.25) is 0 Å². The van der Waals surface area contributed by atoms with Crippen LogP contribution in [0.1, 0.15) is 19.4 Å². The zero-order chi connectivity index (χ0) is 12.8. The molecule has 0 saturated carbocycles. The normalized spacial score (nSPS) is 12.5. The van der Waals surface area contributed by atoms with Crippen LogP contribution in [0.3, 0.4) is 0 Å².